The molecule has 1 unspecified atom stereocenters. The molecule has 4 heteroatoms. The predicted molar refractivity (Wildman–Crippen MR) is 87.1 cm³/mol. The zero-order valence-corrected chi connectivity index (χ0v) is 13.5. The number of pyridine rings is 1. The Morgan fingerprint density at radius 2 is 2.19 bits per heavy atom. The molecule has 3 nitrogen and oxygen atoms in total. The van der Waals surface area contributed by atoms with E-state index in [-0.39, 0.29) is 5.92 Å². The van der Waals surface area contributed by atoms with Crippen LogP contribution < -0.4 is 0 Å². The molecule has 1 aliphatic carbocycles. The minimum Gasteiger partial charge on any atom is -0.237 e. The molecule has 0 aliphatic heterocycles. The van der Waals surface area contributed by atoms with Crippen molar-refractivity contribution in [1.29, 1.82) is 5.26 Å². The Morgan fingerprint density at radius 3 is 2.76 bits per heavy atom. The SMILES string of the molecule is CCc1cnc(N=C2CCC(C#N)C=C2Cl)c(C)c1CC. The number of rotatable bonds is 3. The lowest BCUT2D eigenvalue weighted by Crippen LogP contribution is -2.10. The molecule has 110 valence electrons. The Morgan fingerprint density at radius 1 is 1.43 bits per heavy atom. The molecule has 2 rings (SSSR count). The number of allylic oxidation sites excluding steroid dienone is 2. The number of halogens is 1. The fourth-order valence-corrected chi connectivity index (χ4v) is 2.99. The zero-order chi connectivity index (χ0) is 15.4. The van der Waals surface area contributed by atoms with Gasteiger partial charge in [-0.3, -0.25) is 0 Å². The molecule has 1 aromatic rings. The van der Waals surface area contributed by atoms with Crippen molar-refractivity contribution in [3.05, 3.63) is 34.0 Å². The predicted octanol–water partition coefficient (Wildman–Crippen LogP) is 4.64. The van der Waals surface area contributed by atoms with Gasteiger partial charge in [0.1, 0.15) is 0 Å². The molecular weight excluding hydrogens is 282 g/mol. The normalized spacial score (nSPS) is 20.2. The van der Waals surface area contributed by atoms with Gasteiger partial charge in [-0.25, -0.2) is 9.98 Å². The quantitative estimate of drug-likeness (QED) is 0.816. The molecule has 1 heterocycles. The summed E-state index contributed by atoms with van der Waals surface area (Å²) in [4.78, 5) is 9.13. The fraction of sp³-hybridized carbons (Fsp3) is 0.471. The Bertz CT molecular complexity index is 638. The summed E-state index contributed by atoms with van der Waals surface area (Å²) < 4.78 is 0. The Hall–Kier alpha value is -1.66. The highest BCUT2D eigenvalue weighted by Gasteiger charge is 2.18. The van der Waals surface area contributed by atoms with E-state index in [2.05, 4.69) is 36.8 Å². The van der Waals surface area contributed by atoms with Gasteiger partial charge in [0, 0.05) is 6.20 Å². The Kier molecular flexibility index (Phi) is 5.14. The first-order valence-corrected chi connectivity index (χ1v) is 7.80. The van der Waals surface area contributed by atoms with E-state index in [4.69, 9.17) is 16.9 Å². The van der Waals surface area contributed by atoms with Gasteiger partial charge in [-0.05, 0) is 55.4 Å². The van der Waals surface area contributed by atoms with Crippen molar-refractivity contribution in [2.75, 3.05) is 0 Å². The fourth-order valence-electron chi connectivity index (χ4n) is 2.71. The summed E-state index contributed by atoms with van der Waals surface area (Å²) >= 11 is 6.24. The molecule has 0 amide bonds. The third-order valence-corrected chi connectivity index (χ3v) is 4.32. The van der Waals surface area contributed by atoms with E-state index in [0.29, 0.717) is 5.03 Å². The molecule has 0 saturated heterocycles. The molecule has 0 bridgehead atoms. The highest BCUT2D eigenvalue weighted by atomic mass is 35.5. The summed E-state index contributed by atoms with van der Waals surface area (Å²) in [6.45, 7) is 6.37. The Balaban J connectivity index is 2.41. The van der Waals surface area contributed by atoms with Crippen LogP contribution >= 0.6 is 11.6 Å². The van der Waals surface area contributed by atoms with Crippen LogP contribution in [-0.2, 0) is 12.8 Å². The van der Waals surface area contributed by atoms with Crippen molar-refractivity contribution in [2.24, 2.45) is 10.9 Å². The molecule has 0 saturated carbocycles. The standard InChI is InChI=1S/C17H20ClN3/c1-4-13-10-20-17(11(3)14(13)5-2)21-16-7-6-12(9-19)8-15(16)18/h8,10,12H,4-7H2,1-3H3. The lowest BCUT2D eigenvalue weighted by atomic mass is 9.95. The summed E-state index contributed by atoms with van der Waals surface area (Å²) in [5, 5.41) is 9.54. The van der Waals surface area contributed by atoms with Gasteiger partial charge >= 0.3 is 0 Å². The van der Waals surface area contributed by atoms with Crippen molar-refractivity contribution in [3.63, 3.8) is 0 Å². The first-order chi connectivity index (χ1) is 10.1. The van der Waals surface area contributed by atoms with Crippen LogP contribution in [0.15, 0.2) is 22.3 Å². The molecular formula is C17H20ClN3. The molecule has 0 fully saturated rings. The van der Waals surface area contributed by atoms with Gasteiger partial charge in [0.25, 0.3) is 0 Å². The second-order valence-electron chi connectivity index (χ2n) is 5.27. The molecule has 1 atom stereocenters. The number of nitrogens with zero attached hydrogens (tertiary/aromatic N) is 3. The maximum absolute atomic E-state index is 8.95. The largest absolute Gasteiger partial charge is 0.237 e. The van der Waals surface area contributed by atoms with E-state index in [1.54, 1.807) is 6.08 Å². The third-order valence-electron chi connectivity index (χ3n) is 3.97. The molecule has 0 spiro atoms. The summed E-state index contributed by atoms with van der Waals surface area (Å²) in [5.41, 5.74) is 4.59. The highest BCUT2D eigenvalue weighted by Crippen LogP contribution is 2.28. The maximum Gasteiger partial charge on any atom is 0.155 e. The summed E-state index contributed by atoms with van der Waals surface area (Å²) in [6, 6.07) is 2.23. The van der Waals surface area contributed by atoms with Gasteiger partial charge in [0.2, 0.25) is 0 Å². The highest BCUT2D eigenvalue weighted by molar-refractivity contribution is 6.43. The van der Waals surface area contributed by atoms with Crippen molar-refractivity contribution < 1.29 is 0 Å². The van der Waals surface area contributed by atoms with E-state index in [1.165, 1.54) is 11.1 Å². The number of hydrogen-bond donors (Lipinski definition) is 0. The minimum atomic E-state index is -0.0980. The smallest absolute Gasteiger partial charge is 0.155 e. The van der Waals surface area contributed by atoms with Crippen LogP contribution in [0, 0.1) is 24.2 Å². The number of aromatic nitrogens is 1. The first kappa shape index (κ1) is 15.7. The van der Waals surface area contributed by atoms with Crippen LogP contribution in [0.4, 0.5) is 5.82 Å². The molecule has 1 aliphatic rings. The lowest BCUT2D eigenvalue weighted by Gasteiger charge is -2.16. The van der Waals surface area contributed by atoms with Crippen LogP contribution in [0.1, 0.15) is 43.4 Å². The monoisotopic (exact) mass is 301 g/mol. The van der Waals surface area contributed by atoms with Crippen molar-refractivity contribution in [1.82, 2.24) is 4.98 Å². The van der Waals surface area contributed by atoms with E-state index in [0.717, 1.165) is 42.8 Å². The van der Waals surface area contributed by atoms with Crippen LogP contribution in [0.25, 0.3) is 0 Å². The van der Waals surface area contributed by atoms with Gasteiger partial charge < -0.3 is 0 Å². The maximum atomic E-state index is 8.95. The van der Waals surface area contributed by atoms with Gasteiger partial charge in [0.15, 0.2) is 5.82 Å². The van der Waals surface area contributed by atoms with Gasteiger partial charge in [-0.2, -0.15) is 5.26 Å². The van der Waals surface area contributed by atoms with Gasteiger partial charge in [-0.1, -0.05) is 25.4 Å². The second kappa shape index (κ2) is 6.87. The Labute approximate surface area is 131 Å². The van der Waals surface area contributed by atoms with Gasteiger partial charge in [0.05, 0.1) is 22.7 Å². The minimum absolute atomic E-state index is 0.0980. The van der Waals surface area contributed by atoms with Crippen LogP contribution in [0.3, 0.4) is 0 Å². The van der Waals surface area contributed by atoms with Gasteiger partial charge in [-0.15, -0.1) is 0 Å². The van der Waals surface area contributed by atoms with E-state index in [1.807, 2.05) is 6.20 Å². The first-order valence-electron chi connectivity index (χ1n) is 7.42. The topological polar surface area (TPSA) is 49.0 Å². The summed E-state index contributed by atoms with van der Waals surface area (Å²) in [7, 11) is 0. The van der Waals surface area contributed by atoms with E-state index in [9.17, 15) is 0 Å². The van der Waals surface area contributed by atoms with Crippen molar-refractivity contribution in [3.8, 4) is 6.07 Å². The van der Waals surface area contributed by atoms with E-state index >= 15 is 0 Å². The van der Waals surface area contributed by atoms with Crippen molar-refractivity contribution in [2.45, 2.75) is 46.5 Å². The molecule has 0 radical (unpaired) electrons. The summed E-state index contributed by atoms with van der Waals surface area (Å²) in [5.74, 6) is 0.653. The van der Waals surface area contributed by atoms with Crippen LogP contribution in [-0.4, -0.2) is 10.7 Å². The third kappa shape index (κ3) is 3.33. The molecule has 1 aromatic heterocycles. The molecule has 0 N–H and O–H groups in total. The van der Waals surface area contributed by atoms with E-state index < -0.39 is 0 Å². The summed E-state index contributed by atoms with van der Waals surface area (Å²) in [6.07, 6.45) is 7.18. The van der Waals surface area contributed by atoms with Crippen LogP contribution in [0.2, 0.25) is 0 Å². The van der Waals surface area contributed by atoms with Crippen LogP contribution in [0.5, 0.6) is 0 Å². The number of nitriles is 1. The lowest BCUT2D eigenvalue weighted by molar-refractivity contribution is 0.735. The molecule has 0 aromatic carbocycles. The number of aliphatic imine (C=N–C) groups is 1. The zero-order valence-electron chi connectivity index (χ0n) is 12.8. The molecule has 21 heavy (non-hydrogen) atoms. The average molecular weight is 302 g/mol. The second-order valence-corrected chi connectivity index (χ2v) is 5.67. The average Bonchev–Trinajstić information content (AvgIpc) is 2.50. The number of hydrogen-bond acceptors (Lipinski definition) is 3. The number of aryl methyl sites for hydroxylation is 1. The van der Waals surface area contributed by atoms with Crippen molar-refractivity contribution >= 4 is 23.1 Å².